The molecule has 0 radical (unpaired) electrons. The SMILES string of the molecule is COc1cc(OC)cc(C(=O)OCCOC(=O)c2cc(OC)cc(OC)c2)c1. The first-order chi connectivity index (χ1) is 13.5. The summed E-state index contributed by atoms with van der Waals surface area (Å²) in [6.07, 6.45) is 0. The molecule has 0 saturated carbocycles. The molecule has 0 unspecified atom stereocenters. The van der Waals surface area contributed by atoms with Gasteiger partial charge in [-0.15, -0.1) is 0 Å². The lowest BCUT2D eigenvalue weighted by molar-refractivity contribution is 0.0265. The van der Waals surface area contributed by atoms with E-state index in [2.05, 4.69) is 0 Å². The summed E-state index contributed by atoms with van der Waals surface area (Å²) in [5, 5.41) is 0. The maximum Gasteiger partial charge on any atom is 0.338 e. The van der Waals surface area contributed by atoms with Crippen LogP contribution in [0.15, 0.2) is 36.4 Å². The van der Waals surface area contributed by atoms with Crippen molar-refractivity contribution in [2.45, 2.75) is 0 Å². The summed E-state index contributed by atoms with van der Waals surface area (Å²) in [5.74, 6) is 0.677. The van der Waals surface area contributed by atoms with Crippen molar-refractivity contribution in [3.8, 4) is 23.0 Å². The molecule has 150 valence electrons. The summed E-state index contributed by atoms with van der Waals surface area (Å²) in [4.78, 5) is 24.3. The fraction of sp³-hybridized carbons (Fsp3) is 0.300. The zero-order valence-electron chi connectivity index (χ0n) is 16.1. The predicted octanol–water partition coefficient (Wildman–Crippen LogP) is 2.73. The van der Waals surface area contributed by atoms with Crippen LogP contribution < -0.4 is 18.9 Å². The van der Waals surface area contributed by atoms with E-state index in [4.69, 9.17) is 28.4 Å². The Bertz CT molecular complexity index is 717. The third-order valence-corrected chi connectivity index (χ3v) is 3.72. The molecular formula is C20H22O8. The van der Waals surface area contributed by atoms with Gasteiger partial charge in [0.2, 0.25) is 0 Å². The van der Waals surface area contributed by atoms with Crippen molar-refractivity contribution in [2.75, 3.05) is 41.7 Å². The van der Waals surface area contributed by atoms with Crippen LogP contribution in [0.1, 0.15) is 20.7 Å². The van der Waals surface area contributed by atoms with Gasteiger partial charge in [-0.3, -0.25) is 0 Å². The molecule has 2 aromatic rings. The number of methoxy groups -OCH3 is 4. The van der Waals surface area contributed by atoms with Crippen LogP contribution >= 0.6 is 0 Å². The number of hydrogen-bond donors (Lipinski definition) is 0. The molecule has 8 nitrogen and oxygen atoms in total. The van der Waals surface area contributed by atoms with Crippen LogP contribution in [-0.4, -0.2) is 53.6 Å². The van der Waals surface area contributed by atoms with Crippen LogP contribution in [0.25, 0.3) is 0 Å². The number of esters is 2. The van der Waals surface area contributed by atoms with Crippen molar-refractivity contribution in [3.05, 3.63) is 47.5 Å². The molecule has 0 fully saturated rings. The van der Waals surface area contributed by atoms with Crippen molar-refractivity contribution in [2.24, 2.45) is 0 Å². The van der Waals surface area contributed by atoms with Crippen LogP contribution in [0.2, 0.25) is 0 Å². The van der Waals surface area contributed by atoms with Crippen molar-refractivity contribution < 1.29 is 38.0 Å². The molecule has 2 rings (SSSR count). The number of benzene rings is 2. The second kappa shape index (κ2) is 10.1. The highest BCUT2D eigenvalue weighted by Gasteiger charge is 2.14. The molecule has 2 aromatic carbocycles. The molecule has 0 aliphatic heterocycles. The van der Waals surface area contributed by atoms with E-state index in [1.54, 1.807) is 12.1 Å². The minimum atomic E-state index is -0.587. The fourth-order valence-corrected chi connectivity index (χ4v) is 2.29. The van der Waals surface area contributed by atoms with Gasteiger partial charge in [0.1, 0.15) is 36.2 Å². The minimum Gasteiger partial charge on any atom is -0.497 e. The number of rotatable bonds is 9. The van der Waals surface area contributed by atoms with E-state index >= 15 is 0 Å². The second-order valence-electron chi connectivity index (χ2n) is 5.47. The third-order valence-electron chi connectivity index (χ3n) is 3.72. The Morgan fingerprint density at radius 3 is 1.11 bits per heavy atom. The summed E-state index contributed by atoms with van der Waals surface area (Å²) in [7, 11) is 5.93. The number of hydrogen-bond acceptors (Lipinski definition) is 8. The normalized spacial score (nSPS) is 10.0. The summed E-state index contributed by atoms with van der Waals surface area (Å²) in [6, 6.07) is 9.39. The van der Waals surface area contributed by atoms with Gasteiger partial charge in [-0.1, -0.05) is 0 Å². The summed E-state index contributed by atoms with van der Waals surface area (Å²) in [5.41, 5.74) is 0.528. The molecule has 0 aliphatic rings. The topological polar surface area (TPSA) is 89.5 Å². The minimum absolute atomic E-state index is 0.106. The molecular weight excluding hydrogens is 368 g/mol. The first-order valence-electron chi connectivity index (χ1n) is 8.31. The van der Waals surface area contributed by atoms with Crippen LogP contribution in [-0.2, 0) is 9.47 Å². The molecule has 0 heterocycles. The van der Waals surface area contributed by atoms with E-state index in [9.17, 15) is 9.59 Å². The Balaban J connectivity index is 1.90. The molecule has 8 heteroatoms. The average Bonchev–Trinajstić information content (AvgIpc) is 2.75. The number of carbonyl (C=O) groups is 2. The quantitative estimate of drug-likeness (QED) is 0.477. The van der Waals surface area contributed by atoms with Crippen molar-refractivity contribution >= 4 is 11.9 Å². The highest BCUT2D eigenvalue weighted by atomic mass is 16.6. The molecule has 0 saturated heterocycles. The van der Waals surface area contributed by atoms with Crippen LogP contribution in [0, 0.1) is 0 Å². The Labute approximate surface area is 162 Å². The van der Waals surface area contributed by atoms with Gasteiger partial charge >= 0.3 is 11.9 Å². The van der Waals surface area contributed by atoms with Gasteiger partial charge in [0, 0.05) is 12.1 Å². The van der Waals surface area contributed by atoms with E-state index in [1.165, 1.54) is 52.7 Å². The Kier molecular flexibility index (Phi) is 7.50. The molecule has 0 bridgehead atoms. The van der Waals surface area contributed by atoms with E-state index in [-0.39, 0.29) is 24.3 Å². The van der Waals surface area contributed by atoms with Crippen molar-refractivity contribution in [3.63, 3.8) is 0 Å². The fourth-order valence-electron chi connectivity index (χ4n) is 2.29. The first-order valence-corrected chi connectivity index (χ1v) is 8.31. The van der Waals surface area contributed by atoms with Gasteiger partial charge in [-0.25, -0.2) is 9.59 Å². The third kappa shape index (κ3) is 5.54. The monoisotopic (exact) mass is 390 g/mol. The van der Waals surface area contributed by atoms with Crippen LogP contribution in [0.5, 0.6) is 23.0 Å². The van der Waals surface area contributed by atoms with E-state index < -0.39 is 11.9 Å². The zero-order valence-corrected chi connectivity index (χ0v) is 16.1. The van der Waals surface area contributed by atoms with Crippen molar-refractivity contribution in [1.82, 2.24) is 0 Å². The van der Waals surface area contributed by atoms with Crippen LogP contribution in [0.3, 0.4) is 0 Å². The number of ether oxygens (including phenoxy) is 6. The summed E-state index contributed by atoms with van der Waals surface area (Å²) < 4.78 is 30.7. The van der Waals surface area contributed by atoms with Gasteiger partial charge in [0.15, 0.2) is 0 Å². The Hall–Kier alpha value is -3.42. The average molecular weight is 390 g/mol. The van der Waals surface area contributed by atoms with Gasteiger partial charge < -0.3 is 28.4 Å². The molecule has 0 spiro atoms. The lowest BCUT2D eigenvalue weighted by Crippen LogP contribution is -2.14. The summed E-state index contributed by atoms with van der Waals surface area (Å²) >= 11 is 0. The van der Waals surface area contributed by atoms with Gasteiger partial charge in [-0.05, 0) is 24.3 Å². The Morgan fingerprint density at radius 1 is 0.571 bits per heavy atom. The molecule has 0 aliphatic carbocycles. The van der Waals surface area contributed by atoms with E-state index in [0.717, 1.165) is 0 Å². The second-order valence-corrected chi connectivity index (χ2v) is 5.47. The maximum absolute atomic E-state index is 12.2. The summed E-state index contributed by atoms with van der Waals surface area (Å²) in [6.45, 7) is -0.212. The zero-order chi connectivity index (χ0) is 20.5. The lowest BCUT2D eigenvalue weighted by atomic mass is 10.2. The Morgan fingerprint density at radius 2 is 0.857 bits per heavy atom. The van der Waals surface area contributed by atoms with Crippen molar-refractivity contribution in [1.29, 1.82) is 0 Å². The molecule has 0 atom stereocenters. The molecule has 0 N–H and O–H groups in total. The molecule has 0 aromatic heterocycles. The molecule has 0 amide bonds. The smallest absolute Gasteiger partial charge is 0.338 e. The van der Waals surface area contributed by atoms with Gasteiger partial charge in [0.25, 0.3) is 0 Å². The standard InChI is InChI=1S/C20H22O8/c1-23-15-7-13(8-16(11-15)24-2)19(21)27-5-6-28-20(22)14-9-17(25-3)12-18(10-14)26-4/h7-12H,5-6H2,1-4H3. The van der Waals surface area contributed by atoms with Gasteiger partial charge in [-0.2, -0.15) is 0 Å². The first kappa shape index (κ1) is 20.9. The highest BCUT2D eigenvalue weighted by Crippen LogP contribution is 2.24. The van der Waals surface area contributed by atoms with Crippen LogP contribution in [0.4, 0.5) is 0 Å². The van der Waals surface area contributed by atoms with E-state index in [0.29, 0.717) is 23.0 Å². The highest BCUT2D eigenvalue weighted by molar-refractivity contribution is 5.91. The van der Waals surface area contributed by atoms with Gasteiger partial charge in [0.05, 0.1) is 39.6 Å². The number of carbonyl (C=O) groups excluding carboxylic acids is 2. The predicted molar refractivity (Wildman–Crippen MR) is 99.7 cm³/mol. The van der Waals surface area contributed by atoms with E-state index in [1.807, 2.05) is 0 Å². The lowest BCUT2D eigenvalue weighted by Gasteiger charge is -2.10. The maximum atomic E-state index is 12.2. The largest absolute Gasteiger partial charge is 0.497 e. The molecule has 28 heavy (non-hydrogen) atoms.